The summed E-state index contributed by atoms with van der Waals surface area (Å²) >= 11 is 7.51. The molecular weight excluding hydrogens is 320 g/mol. The topological polar surface area (TPSA) is 50.4 Å². The van der Waals surface area contributed by atoms with Crippen LogP contribution in [0.15, 0.2) is 11.4 Å². The van der Waals surface area contributed by atoms with E-state index in [1.807, 2.05) is 26.8 Å². The van der Waals surface area contributed by atoms with Gasteiger partial charge in [0.2, 0.25) is 0 Å². The molecule has 1 aliphatic carbocycles. The quantitative estimate of drug-likeness (QED) is 0.806. The summed E-state index contributed by atoms with van der Waals surface area (Å²) in [6.07, 6.45) is 2.00. The van der Waals surface area contributed by atoms with Crippen LogP contribution in [-0.4, -0.2) is 24.3 Å². The number of ether oxygens (including phenoxy) is 1. The van der Waals surface area contributed by atoms with Crippen LogP contribution in [0.2, 0.25) is 4.34 Å². The second kappa shape index (κ2) is 7.20. The second-order valence-corrected chi connectivity index (χ2v) is 8.45. The number of thiophene rings is 1. The number of halogens is 1. The molecule has 0 saturated heterocycles. The molecule has 0 aliphatic heterocycles. The highest BCUT2D eigenvalue weighted by Crippen LogP contribution is 2.33. The van der Waals surface area contributed by atoms with E-state index in [0.29, 0.717) is 5.92 Å². The van der Waals surface area contributed by atoms with Crippen LogP contribution in [0.25, 0.3) is 0 Å². The van der Waals surface area contributed by atoms with Gasteiger partial charge in [0.15, 0.2) is 0 Å². The lowest BCUT2D eigenvalue weighted by atomic mass is 10.1. The van der Waals surface area contributed by atoms with Gasteiger partial charge in [-0.1, -0.05) is 11.6 Å². The van der Waals surface area contributed by atoms with Gasteiger partial charge in [0.05, 0.1) is 4.34 Å². The SMILES string of the molecule is CC(NCC(NC(=O)OC(C)(C)C)C1CC1)c1csc(Cl)c1. The fourth-order valence-corrected chi connectivity index (χ4v) is 3.25. The van der Waals surface area contributed by atoms with E-state index in [2.05, 4.69) is 22.9 Å². The second-order valence-electron chi connectivity index (χ2n) is 6.90. The fraction of sp³-hybridized carbons (Fsp3) is 0.688. The summed E-state index contributed by atoms with van der Waals surface area (Å²) in [7, 11) is 0. The Bertz CT molecular complexity index is 508. The van der Waals surface area contributed by atoms with Gasteiger partial charge < -0.3 is 15.4 Å². The van der Waals surface area contributed by atoms with E-state index in [1.54, 1.807) is 0 Å². The predicted octanol–water partition coefficient (Wildman–Crippen LogP) is 4.36. The smallest absolute Gasteiger partial charge is 0.407 e. The number of hydrogen-bond donors (Lipinski definition) is 2. The van der Waals surface area contributed by atoms with E-state index >= 15 is 0 Å². The highest BCUT2D eigenvalue weighted by atomic mass is 35.5. The number of hydrogen-bond acceptors (Lipinski definition) is 4. The molecule has 2 unspecified atom stereocenters. The molecular formula is C16H25ClN2O2S. The number of carbonyl (C=O) groups is 1. The van der Waals surface area contributed by atoms with E-state index in [1.165, 1.54) is 29.7 Å². The molecule has 124 valence electrons. The van der Waals surface area contributed by atoms with Crippen molar-refractivity contribution in [2.75, 3.05) is 6.54 Å². The third-order valence-electron chi connectivity index (χ3n) is 3.62. The van der Waals surface area contributed by atoms with E-state index < -0.39 is 5.60 Å². The highest BCUT2D eigenvalue weighted by molar-refractivity contribution is 7.14. The number of carbonyl (C=O) groups excluding carboxylic acids is 1. The maximum atomic E-state index is 11.9. The molecule has 0 aromatic carbocycles. The highest BCUT2D eigenvalue weighted by Gasteiger charge is 2.33. The monoisotopic (exact) mass is 344 g/mol. The Morgan fingerprint density at radius 2 is 2.18 bits per heavy atom. The molecule has 1 saturated carbocycles. The molecule has 0 bridgehead atoms. The molecule has 2 N–H and O–H groups in total. The Balaban J connectivity index is 1.83. The van der Waals surface area contributed by atoms with Crippen molar-refractivity contribution in [1.82, 2.24) is 10.6 Å². The summed E-state index contributed by atoms with van der Waals surface area (Å²) < 4.78 is 6.15. The van der Waals surface area contributed by atoms with Crippen molar-refractivity contribution >= 4 is 29.0 Å². The molecule has 1 aromatic heterocycles. The van der Waals surface area contributed by atoms with Crippen molar-refractivity contribution in [2.24, 2.45) is 5.92 Å². The maximum Gasteiger partial charge on any atom is 0.407 e. The molecule has 2 atom stereocenters. The van der Waals surface area contributed by atoms with E-state index in [4.69, 9.17) is 16.3 Å². The zero-order chi connectivity index (χ0) is 16.3. The molecule has 1 amide bonds. The lowest BCUT2D eigenvalue weighted by Gasteiger charge is -2.25. The first-order valence-corrected chi connectivity index (χ1v) is 8.97. The van der Waals surface area contributed by atoms with Gasteiger partial charge in [0, 0.05) is 18.6 Å². The van der Waals surface area contributed by atoms with Gasteiger partial charge in [-0.25, -0.2) is 4.79 Å². The molecule has 0 radical (unpaired) electrons. The van der Waals surface area contributed by atoms with Gasteiger partial charge in [0.25, 0.3) is 0 Å². The van der Waals surface area contributed by atoms with Crippen LogP contribution in [0, 0.1) is 5.92 Å². The number of rotatable bonds is 6. The number of amides is 1. The van der Waals surface area contributed by atoms with Crippen molar-refractivity contribution in [1.29, 1.82) is 0 Å². The Labute approximate surface area is 141 Å². The average Bonchev–Trinajstić information content (AvgIpc) is 3.14. The van der Waals surface area contributed by atoms with E-state index in [0.717, 1.165) is 10.9 Å². The summed E-state index contributed by atoms with van der Waals surface area (Å²) in [5, 5.41) is 8.54. The molecule has 1 heterocycles. The van der Waals surface area contributed by atoms with Crippen molar-refractivity contribution < 1.29 is 9.53 Å². The van der Waals surface area contributed by atoms with E-state index in [-0.39, 0.29) is 18.2 Å². The predicted molar refractivity (Wildman–Crippen MR) is 91.6 cm³/mol. The van der Waals surface area contributed by atoms with Crippen LogP contribution in [0.4, 0.5) is 4.79 Å². The Morgan fingerprint density at radius 1 is 1.50 bits per heavy atom. The molecule has 6 heteroatoms. The van der Waals surface area contributed by atoms with Gasteiger partial charge >= 0.3 is 6.09 Å². The zero-order valence-corrected chi connectivity index (χ0v) is 15.2. The van der Waals surface area contributed by atoms with Gasteiger partial charge in [-0.3, -0.25) is 0 Å². The lowest BCUT2D eigenvalue weighted by molar-refractivity contribution is 0.0497. The minimum absolute atomic E-state index is 0.117. The maximum absolute atomic E-state index is 11.9. The average molecular weight is 345 g/mol. The summed E-state index contributed by atoms with van der Waals surface area (Å²) in [5.74, 6) is 0.554. The first-order chi connectivity index (χ1) is 10.2. The Hall–Kier alpha value is -0.780. The summed E-state index contributed by atoms with van der Waals surface area (Å²) in [5.41, 5.74) is 0.716. The third-order valence-corrected chi connectivity index (χ3v) is 4.73. The lowest BCUT2D eigenvalue weighted by Crippen LogP contribution is -2.45. The van der Waals surface area contributed by atoms with Gasteiger partial charge in [-0.05, 0) is 63.5 Å². The Kier molecular flexibility index (Phi) is 5.75. The minimum Gasteiger partial charge on any atom is -0.444 e. The van der Waals surface area contributed by atoms with Crippen LogP contribution in [0.5, 0.6) is 0 Å². The molecule has 4 nitrogen and oxygen atoms in total. The fourth-order valence-electron chi connectivity index (χ4n) is 2.27. The van der Waals surface area contributed by atoms with Crippen molar-refractivity contribution in [3.05, 3.63) is 21.3 Å². The first kappa shape index (κ1) is 17.6. The first-order valence-electron chi connectivity index (χ1n) is 7.71. The van der Waals surface area contributed by atoms with Crippen LogP contribution in [0.3, 0.4) is 0 Å². The van der Waals surface area contributed by atoms with E-state index in [9.17, 15) is 4.79 Å². The van der Waals surface area contributed by atoms with Crippen molar-refractivity contribution in [3.63, 3.8) is 0 Å². The Morgan fingerprint density at radius 3 is 2.68 bits per heavy atom. The van der Waals surface area contributed by atoms with Crippen molar-refractivity contribution in [3.8, 4) is 0 Å². The standard InChI is InChI=1S/C16H25ClN2O2S/c1-10(12-7-14(17)22-9-12)18-8-13(11-5-6-11)19-15(20)21-16(2,3)4/h7,9-11,13,18H,5-6,8H2,1-4H3,(H,19,20). The number of nitrogens with one attached hydrogen (secondary N) is 2. The van der Waals surface area contributed by atoms with Crippen LogP contribution < -0.4 is 10.6 Å². The molecule has 1 aromatic rings. The molecule has 2 rings (SSSR count). The van der Waals surface area contributed by atoms with Gasteiger partial charge in [-0.2, -0.15) is 0 Å². The number of alkyl carbamates (subject to hydrolysis) is 1. The molecule has 0 spiro atoms. The van der Waals surface area contributed by atoms with Crippen molar-refractivity contribution in [2.45, 2.75) is 58.2 Å². The van der Waals surface area contributed by atoms with Gasteiger partial charge in [0.1, 0.15) is 5.60 Å². The molecule has 1 fully saturated rings. The van der Waals surface area contributed by atoms with Crippen LogP contribution >= 0.6 is 22.9 Å². The van der Waals surface area contributed by atoms with Gasteiger partial charge in [-0.15, -0.1) is 11.3 Å². The van der Waals surface area contributed by atoms with Crippen LogP contribution in [0.1, 0.15) is 52.1 Å². The van der Waals surface area contributed by atoms with Crippen LogP contribution in [-0.2, 0) is 4.74 Å². The third kappa shape index (κ3) is 5.78. The molecule has 1 aliphatic rings. The summed E-state index contributed by atoms with van der Waals surface area (Å²) in [4.78, 5) is 11.9. The molecule has 22 heavy (non-hydrogen) atoms. The normalized spacial score (nSPS) is 17.9. The minimum atomic E-state index is -0.466. The summed E-state index contributed by atoms with van der Waals surface area (Å²) in [6, 6.07) is 2.31. The summed E-state index contributed by atoms with van der Waals surface area (Å²) in [6.45, 7) is 8.46. The largest absolute Gasteiger partial charge is 0.444 e. The zero-order valence-electron chi connectivity index (χ0n) is 13.6.